The first kappa shape index (κ1) is 14.9. The molecule has 1 atom stereocenters. The maximum Gasteiger partial charge on any atom is 0.410 e. The van der Waals surface area contributed by atoms with Crippen LogP contribution in [-0.2, 0) is 5.54 Å². The zero-order valence-corrected chi connectivity index (χ0v) is 11.6. The summed E-state index contributed by atoms with van der Waals surface area (Å²) in [5.41, 5.74) is -0.299. The van der Waals surface area contributed by atoms with Gasteiger partial charge in [0.2, 0.25) is 0 Å². The summed E-state index contributed by atoms with van der Waals surface area (Å²) < 4.78 is 38.1. The first-order valence-electron chi connectivity index (χ1n) is 5.89. The lowest BCUT2D eigenvalue weighted by Crippen LogP contribution is -2.43. The van der Waals surface area contributed by atoms with Gasteiger partial charge in [-0.3, -0.25) is 0 Å². The zero-order chi connectivity index (χ0) is 15.1. The number of halogens is 4. The van der Waals surface area contributed by atoms with E-state index in [2.05, 4.69) is 4.98 Å². The van der Waals surface area contributed by atoms with Crippen molar-refractivity contribution in [2.45, 2.75) is 31.6 Å². The van der Waals surface area contributed by atoms with Crippen LogP contribution in [0.25, 0.3) is 0 Å². The van der Waals surface area contributed by atoms with Crippen LogP contribution in [0.15, 0.2) is 18.3 Å². The van der Waals surface area contributed by atoms with Crippen LogP contribution in [-0.4, -0.2) is 34.7 Å². The van der Waals surface area contributed by atoms with E-state index in [9.17, 15) is 18.0 Å². The normalized spacial score (nSPS) is 20.2. The molecule has 0 aromatic carbocycles. The average molecular weight is 308 g/mol. The second-order valence-corrected chi connectivity index (χ2v) is 5.47. The molecular formula is C12H13ClF3N3O. The summed E-state index contributed by atoms with van der Waals surface area (Å²) >= 11 is 5.79. The van der Waals surface area contributed by atoms with Crippen LogP contribution in [0.5, 0.6) is 0 Å². The molecule has 20 heavy (non-hydrogen) atoms. The number of nitrogens with zero attached hydrogens (tertiary/aromatic N) is 2. The molecule has 2 rings (SSSR count). The van der Waals surface area contributed by atoms with Crippen LogP contribution in [0, 0.1) is 0 Å². The monoisotopic (exact) mass is 307 g/mol. The predicted molar refractivity (Wildman–Crippen MR) is 67.4 cm³/mol. The lowest BCUT2D eigenvalue weighted by molar-refractivity contribution is -0.150. The molecule has 2 heterocycles. The molecule has 1 aliphatic rings. The Kier molecular flexibility index (Phi) is 3.58. The van der Waals surface area contributed by atoms with Crippen molar-refractivity contribution in [3.63, 3.8) is 0 Å². The standard InChI is InChI=1S/C12H13ClF3N3O/c1-11(2,7-3-4-17-9(13)5-7)19-6-8(12(14,15)16)18-10(19)20/h3-5,8H,6H2,1-2H3,(H,18,20)/t8-/m0/s1. The molecule has 0 aliphatic carbocycles. The van der Waals surface area contributed by atoms with Gasteiger partial charge < -0.3 is 10.2 Å². The molecule has 110 valence electrons. The molecule has 4 nitrogen and oxygen atoms in total. The number of carbonyl (C=O) groups excluding carboxylic acids is 1. The molecule has 0 radical (unpaired) electrons. The summed E-state index contributed by atoms with van der Waals surface area (Å²) in [5, 5.41) is 2.17. The van der Waals surface area contributed by atoms with Crippen molar-refractivity contribution in [3.05, 3.63) is 29.0 Å². The van der Waals surface area contributed by atoms with Crippen molar-refractivity contribution in [3.8, 4) is 0 Å². The molecule has 1 N–H and O–H groups in total. The number of amides is 2. The lowest BCUT2D eigenvalue weighted by Gasteiger charge is -2.35. The van der Waals surface area contributed by atoms with Gasteiger partial charge >= 0.3 is 12.2 Å². The van der Waals surface area contributed by atoms with Gasteiger partial charge in [0.15, 0.2) is 0 Å². The molecule has 2 amide bonds. The van der Waals surface area contributed by atoms with Gasteiger partial charge in [-0.2, -0.15) is 13.2 Å². The van der Waals surface area contributed by atoms with Crippen LogP contribution in [0.3, 0.4) is 0 Å². The van der Waals surface area contributed by atoms with Crippen molar-refractivity contribution < 1.29 is 18.0 Å². The van der Waals surface area contributed by atoms with Crippen molar-refractivity contribution in [1.82, 2.24) is 15.2 Å². The summed E-state index contributed by atoms with van der Waals surface area (Å²) in [6, 6.07) is 0.562. The number of aromatic nitrogens is 1. The van der Waals surface area contributed by atoms with Gasteiger partial charge in [-0.05, 0) is 31.5 Å². The highest BCUT2D eigenvalue weighted by molar-refractivity contribution is 6.29. The van der Waals surface area contributed by atoms with Crippen LogP contribution in [0.1, 0.15) is 19.4 Å². The third-order valence-electron chi connectivity index (χ3n) is 3.41. The molecule has 0 saturated carbocycles. The number of carbonyl (C=O) groups is 1. The molecule has 1 aliphatic heterocycles. The number of pyridine rings is 1. The molecular weight excluding hydrogens is 295 g/mol. The number of urea groups is 1. The van der Waals surface area contributed by atoms with E-state index in [1.165, 1.54) is 12.3 Å². The van der Waals surface area contributed by atoms with E-state index in [-0.39, 0.29) is 5.15 Å². The zero-order valence-electron chi connectivity index (χ0n) is 10.8. The summed E-state index contributed by atoms with van der Waals surface area (Å²) in [6.07, 6.45) is -3.01. The predicted octanol–water partition coefficient (Wildman–Crippen LogP) is 2.93. The van der Waals surface area contributed by atoms with E-state index in [0.717, 1.165) is 4.90 Å². The van der Waals surface area contributed by atoms with Crippen LogP contribution < -0.4 is 5.32 Å². The van der Waals surface area contributed by atoms with Gasteiger partial charge in [0.05, 0.1) is 12.1 Å². The highest BCUT2D eigenvalue weighted by Gasteiger charge is 2.50. The fourth-order valence-corrected chi connectivity index (χ4v) is 2.32. The molecule has 0 unspecified atom stereocenters. The van der Waals surface area contributed by atoms with Gasteiger partial charge in [-0.1, -0.05) is 11.6 Å². The quantitative estimate of drug-likeness (QED) is 0.854. The summed E-state index contributed by atoms with van der Waals surface area (Å²) in [5.74, 6) is 0. The second kappa shape index (κ2) is 4.80. The maximum absolute atomic E-state index is 12.7. The Hall–Kier alpha value is -1.50. The van der Waals surface area contributed by atoms with E-state index in [4.69, 9.17) is 11.6 Å². The van der Waals surface area contributed by atoms with Crippen LogP contribution >= 0.6 is 11.6 Å². The number of hydrogen-bond acceptors (Lipinski definition) is 2. The molecule has 1 aromatic heterocycles. The van der Waals surface area contributed by atoms with E-state index in [1.54, 1.807) is 19.9 Å². The summed E-state index contributed by atoms with van der Waals surface area (Å²) in [6.45, 7) is 2.89. The minimum atomic E-state index is -4.46. The van der Waals surface area contributed by atoms with E-state index in [1.807, 2.05) is 5.32 Å². The highest BCUT2D eigenvalue weighted by atomic mass is 35.5. The minimum absolute atomic E-state index is 0.225. The van der Waals surface area contributed by atoms with E-state index >= 15 is 0 Å². The number of rotatable bonds is 2. The first-order valence-corrected chi connectivity index (χ1v) is 6.27. The Morgan fingerprint density at radius 2 is 2.10 bits per heavy atom. The fraction of sp³-hybridized carbons (Fsp3) is 0.500. The second-order valence-electron chi connectivity index (χ2n) is 5.08. The first-order chi connectivity index (χ1) is 9.12. The van der Waals surface area contributed by atoms with Gasteiger partial charge in [0, 0.05) is 6.20 Å². The summed E-state index contributed by atoms with van der Waals surface area (Å²) in [7, 11) is 0. The molecule has 1 saturated heterocycles. The van der Waals surface area contributed by atoms with Crippen LogP contribution in [0.2, 0.25) is 5.15 Å². The lowest BCUT2D eigenvalue weighted by atomic mass is 9.93. The van der Waals surface area contributed by atoms with Crippen LogP contribution in [0.4, 0.5) is 18.0 Å². The number of nitrogens with one attached hydrogen (secondary N) is 1. The highest BCUT2D eigenvalue weighted by Crippen LogP contribution is 2.34. The minimum Gasteiger partial charge on any atom is -0.324 e. The molecule has 0 spiro atoms. The Bertz CT molecular complexity index is 533. The molecule has 8 heteroatoms. The van der Waals surface area contributed by atoms with Gasteiger partial charge in [0.25, 0.3) is 0 Å². The van der Waals surface area contributed by atoms with Crippen molar-refractivity contribution in [2.24, 2.45) is 0 Å². The average Bonchev–Trinajstić information content (AvgIpc) is 2.72. The summed E-state index contributed by atoms with van der Waals surface area (Å²) in [4.78, 5) is 16.8. The third-order valence-corrected chi connectivity index (χ3v) is 3.62. The Balaban J connectivity index is 2.29. The number of hydrogen-bond donors (Lipinski definition) is 1. The Morgan fingerprint density at radius 3 is 2.60 bits per heavy atom. The van der Waals surface area contributed by atoms with Gasteiger partial charge in [-0.15, -0.1) is 0 Å². The van der Waals surface area contributed by atoms with Crippen molar-refractivity contribution >= 4 is 17.6 Å². The van der Waals surface area contributed by atoms with Gasteiger partial charge in [0.1, 0.15) is 11.2 Å². The SMILES string of the molecule is CC(C)(c1ccnc(Cl)c1)N1C[C@@H](C(F)(F)F)NC1=O. The van der Waals surface area contributed by atoms with Gasteiger partial charge in [-0.25, -0.2) is 9.78 Å². The van der Waals surface area contributed by atoms with Crippen molar-refractivity contribution in [1.29, 1.82) is 0 Å². The van der Waals surface area contributed by atoms with E-state index in [0.29, 0.717) is 5.56 Å². The maximum atomic E-state index is 12.7. The molecule has 1 fully saturated rings. The molecule has 1 aromatic rings. The smallest absolute Gasteiger partial charge is 0.324 e. The van der Waals surface area contributed by atoms with Crippen molar-refractivity contribution in [2.75, 3.05) is 6.54 Å². The van der Waals surface area contributed by atoms with E-state index < -0.39 is 30.3 Å². The Labute approximate surface area is 118 Å². The Morgan fingerprint density at radius 1 is 1.45 bits per heavy atom. The largest absolute Gasteiger partial charge is 0.410 e. The fourth-order valence-electron chi connectivity index (χ4n) is 2.14. The molecule has 0 bridgehead atoms. The third kappa shape index (κ3) is 2.67. The topological polar surface area (TPSA) is 45.2 Å². The number of alkyl halides is 3.